The summed E-state index contributed by atoms with van der Waals surface area (Å²) >= 11 is 0. The second kappa shape index (κ2) is 6.36. The molecule has 0 amide bonds. The molecule has 1 aliphatic heterocycles. The molecule has 2 unspecified atom stereocenters. The normalized spacial score (nSPS) is 31.2. The Morgan fingerprint density at radius 2 is 1.85 bits per heavy atom. The van der Waals surface area contributed by atoms with Crippen LogP contribution in [-0.4, -0.2) is 24.8 Å². The van der Waals surface area contributed by atoms with Crippen LogP contribution in [0.2, 0.25) is 0 Å². The number of hydrogen-bond donors (Lipinski definition) is 1. The van der Waals surface area contributed by atoms with E-state index in [0.717, 1.165) is 25.0 Å². The highest BCUT2D eigenvalue weighted by Crippen LogP contribution is 2.51. The second-order valence-corrected chi connectivity index (χ2v) is 8.23. The molecule has 0 radical (unpaired) electrons. The van der Waals surface area contributed by atoms with Crippen molar-refractivity contribution in [2.45, 2.75) is 84.8 Å². The van der Waals surface area contributed by atoms with Crippen LogP contribution in [0.5, 0.6) is 0 Å². The van der Waals surface area contributed by atoms with E-state index in [-0.39, 0.29) is 5.54 Å². The lowest BCUT2D eigenvalue weighted by atomic mass is 9.71. The molecule has 1 saturated heterocycles. The van der Waals surface area contributed by atoms with Gasteiger partial charge in [-0.1, -0.05) is 26.7 Å². The lowest BCUT2D eigenvalue weighted by molar-refractivity contribution is 0.0150. The van der Waals surface area contributed by atoms with Crippen LogP contribution in [-0.2, 0) is 4.74 Å². The third-order valence-corrected chi connectivity index (χ3v) is 5.37. The van der Waals surface area contributed by atoms with Gasteiger partial charge in [0.05, 0.1) is 6.10 Å². The van der Waals surface area contributed by atoms with Crippen molar-refractivity contribution < 1.29 is 4.74 Å². The van der Waals surface area contributed by atoms with Gasteiger partial charge >= 0.3 is 0 Å². The van der Waals surface area contributed by atoms with Crippen LogP contribution in [0.1, 0.15) is 73.1 Å². The van der Waals surface area contributed by atoms with E-state index in [1.165, 1.54) is 38.5 Å². The summed E-state index contributed by atoms with van der Waals surface area (Å²) in [5, 5.41) is 3.79. The van der Waals surface area contributed by atoms with Gasteiger partial charge in [-0.15, -0.1) is 0 Å². The highest BCUT2D eigenvalue weighted by atomic mass is 16.5. The molecular formula is C18H35NO. The van der Waals surface area contributed by atoms with Gasteiger partial charge in [0, 0.05) is 24.1 Å². The predicted octanol–water partition coefficient (Wildman–Crippen LogP) is 4.39. The molecule has 0 aromatic carbocycles. The van der Waals surface area contributed by atoms with Crippen molar-refractivity contribution in [2.75, 3.05) is 13.2 Å². The van der Waals surface area contributed by atoms with Gasteiger partial charge < -0.3 is 10.1 Å². The third kappa shape index (κ3) is 3.98. The van der Waals surface area contributed by atoms with Crippen LogP contribution in [0, 0.1) is 17.3 Å². The van der Waals surface area contributed by atoms with Crippen molar-refractivity contribution in [1.82, 2.24) is 5.32 Å². The van der Waals surface area contributed by atoms with Crippen LogP contribution in [0.15, 0.2) is 0 Å². The number of nitrogens with one attached hydrogen (secondary N) is 1. The van der Waals surface area contributed by atoms with Gasteiger partial charge in [-0.3, -0.25) is 0 Å². The molecule has 2 heteroatoms. The molecule has 0 aromatic rings. The largest absolute Gasteiger partial charge is 0.377 e. The molecule has 1 N–H and O–H groups in total. The molecule has 118 valence electrons. The summed E-state index contributed by atoms with van der Waals surface area (Å²) in [6.07, 6.45) is 8.54. The van der Waals surface area contributed by atoms with E-state index < -0.39 is 0 Å². The number of hydrogen-bond acceptors (Lipinski definition) is 2. The molecule has 1 aliphatic carbocycles. The van der Waals surface area contributed by atoms with Crippen molar-refractivity contribution in [1.29, 1.82) is 0 Å². The summed E-state index contributed by atoms with van der Waals surface area (Å²) in [5.41, 5.74) is 0.600. The minimum absolute atomic E-state index is 0.206. The van der Waals surface area contributed by atoms with Gasteiger partial charge in [0.25, 0.3) is 0 Å². The van der Waals surface area contributed by atoms with Crippen molar-refractivity contribution in [3.63, 3.8) is 0 Å². The van der Waals surface area contributed by atoms with Crippen molar-refractivity contribution in [3.8, 4) is 0 Å². The zero-order chi connectivity index (χ0) is 14.8. The summed E-state index contributed by atoms with van der Waals surface area (Å²) in [7, 11) is 0. The lowest BCUT2D eigenvalue weighted by Gasteiger charge is -2.39. The standard InChI is InChI=1S/C18H35NO/c1-6-14(7-2)12-18(13-19-17(3,4)5)10-11-20-16(18)15-8-9-15/h14-16,19H,6-13H2,1-5H3. The average Bonchev–Trinajstić information content (AvgIpc) is 3.15. The Bertz CT molecular complexity index is 301. The molecule has 2 fully saturated rings. The maximum Gasteiger partial charge on any atom is 0.0672 e. The zero-order valence-corrected chi connectivity index (χ0v) is 14.3. The van der Waals surface area contributed by atoms with E-state index in [1.807, 2.05) is 0 Å². The van der Waals surface area contributed by atoms with Crippen LogP contribution in [0.3, 0.4) is 0 Å². The van der Waals surface area contributed by atoms with Gasteiger partial charge in [0.15, 0.2) is 0 Å². The van der Waals surface area contributed by atoms with E-state index in [1.54, 1.807) is 0 Å². The van der Waals surface area contributed by atoms with Crippen LogP contribution in [0.4, 0.5) is 0 Å². The molecule has 0 aromatic heterocycles. The highest BCUT2D eigenvalue weighted by molar-refractivity contribution is 5.02. The third-order valence-electron chi connectivity index (χ3n) is 5.37. The number of rotatable bonds is 7. The zero-order valence-electron chi connectivity index (χ0n) is 14.3. The Morgan fingerprint density at radius 1 is 1.20 bits per heavy atom. The fraction of sp³-hybridized carbons (Fsp3) is 1.00. The van der Waals surface area contributed by atoms with E-state index in [0.29, 0.717) is 11.5 Å². The van der Waals surface area contributed by atoms with Gasteiger partial charge in [-0.2, -0.15) is 0 Å². The fourth-order valence-electron chi connectivity index (χ4n) is 3.82. The Kier molecular flexibility index (Phi) is 5.18. The first-order valence-electron chi connectivity index (χ1n) is 8.77. The molecule has 0 bridgehead atoms. The Hall–Kier alpha value is -0.0800. The quantitative estimate of drug-likeness (QED) is 0.747. The summed E-state index contributed by atoms with van der Waals surface area (Å²) in [6.45, 7) is 13.6. The first kappa shape index (κ1) is 16.3. The summed E-state index contributed by atoms with van der Waals surface area (Å²) < 4.78 is 6.21. The van der Waals surface area contributed by atoms with Crippen LogP contribution >= 0.6 is 0 Å². The Labute approximate surface area is 126 Å². The molecular weight excluding hydrogens is 246 g/mol. The van der Waals surface area contributed by atoms with Crippen molar-refractivity contribution in [2.24, 2.45) is 17.3 Å². The minimum Gasteiger partial charge on any atom is -0.377 e. The van der Waals surface area contributed by atoms with Crippen LogP contribution in [0.25, 0.3) is 0 Å². The lowest BCUT2D eigenvalue weighted by Crippen LogP contribution is -2.48. The second-order valence-electron chi connectivity index (χ2n) is 8.23. The molecule has 20 heavy (non-hydrogen) atoms. The Balaban J connectivity index is 2.09. The average molecular weight is 281 g/mol. The molecule has 0 spiro atoms. The maximum atomic E-state index is 6.21. The highest BCUT2D eigenvalue weighted by Gasteiger charge is 2.51. The van der Waals surface area contributed by atoms with Crippen molar-refractivity contribution in [3.05, 3.63) is 0 Å². The van der Waals surface area contributed by atoms with Crippen molar-refractivity contribution >= 4 is 0 Å². The van der Waals surface area contributed by atoms with E-state index in [4.69, 9.17) is 4.74 Å². The molecule has 2 aliphatic rings. The maximum absolute atomic E-state index is 6.21. The first-order chi connectivity index (χ1) is 9.40. The van der Waals surface area contributed by atoms with Gasteiger partial charge in [0.2, 0.25) is 0 Å². The first-order valence-corrected chi connectivity index (χ1v) is 8.77. The molecule has 2 rings (SSSR count). The van der Waals surface area contributed by atoms with E-state index in [2.05, 4.69) is 39.9 Å². The summed E-state index contributed by atoms with van der Waals surface area (Å²) in [5.74, 6) is 1.72. The summed E-state index contributed by atoms with van der Waals surface area (Å²) in [4.78, 5) is 0. The Morgan fingerprint density at radius 3 is 2.35 bits per heavy atom. The van der Waals surface area contributed by atoms with E-state index >= 15 is 0 Å². The number of ether oxygens (including phenoxy) is 1. The molecule has 1 saturated carbocycles. The fourth-order valence-corrected chi connectivity index (χ4v) is 3.82. The SMILES string of the molecule is CCC(CC)CC1(CNC(C)(C)C)CCOC1C1CC1. The summed E-state index contributed by atoms with van der Waals surface area (Å²) in [6, 6.07) is 0. The van der Waals surface area contributed by atoms with E-state index in [9.17, 15) is 0 Å². The minimum atomic E-state index is 0.206. The molecule has 1 heterocycles. The van der Waals surface area contributed by atoms with Gasteiger partial charge in [0.1, 0.15) is 0 Å². The van der Waals surface area contributed by atoms with Gasteiger partial charge in [-0.05, 0) is 58.3 Å². The molecule has 2 nitrogen and oxygen atoms in total. The topological polar surface area (TPSA) is 21.3 Å². The molecule has 2 atom stereocenters. The predicted molar refractivity (Wildman–Crippen MR) is 86.0 cm³/mol. The van der Waals surface area contributed by atoms with Crippen LogP contribution < -0.4 is 5.32 Å². The van der Waals surface area contributed by atoms with Gasteiger partial charge in [-0.25, -0.2) is 0 Å². The monoisotopic (exact) mass is 281 g/mol. The smallest absolute Gasteiger partial charge is 0.0672 e.